The molecule has 2 aliphatic carbocycles. The molecule has 4 heteroatoms. The first-order valence-corrected chi connectivity index (χ1v) is 9.51. The van der Waals surface area contributed by atoms with Crippen LogP contribution in [0.25, 0.3) is 0 Å². The van der Waals surface area contributed by atoms with Gasteiger partial charge in [0.2, 0.25) is 5.91 Å². The normalized spacial score (nSPS) is 29.9. The molecule has 3 aliphatic rings. The van der Waals surface area contributed by atoms with Gasteiger partial charge in [0.05, 0.1) is 0 Å². The third kappa shape index (κ3) is 3.44. The third-order valence-electron chi connectivity index (χ3n) is 6.35. The minimum Gasteiger partial charge on any atom is -0.369 e. The lowest BCUT2D eigenvalue weighted by Gasteiger charge is -2.34. The van der Waals surface area contributed by atoms with Gasteiger partial charge < -0.3 is 15.1 Å². The molecule has 1 amide bonds. The van der Waals surface area contributed by atoms with Crippen LogP contribution >= 0.6 is 0 Å². The van der Waals surface area contributed by atoms with Crippen molar-refractivity contribution in [2.24, 2.45) is 17.8 Å². The van der Waals surface area contributed by atoms with Crippen LogP contribution in [-0.4, -0.2) is 44.0 Å². The third-order valence-corrected chi connectivity index (χ3v) is 6.35. The fraction of sp³-hybridized carbons (Fsp3) is 0.650. The number of rotatable bonds is 4. The van der Waals surface area contributed by atoms with Crippen molar-refractivity contribution in [2.75, 3.05) is 43.4 Å². The molecule has 2 bridgehead atoms. The SMILES string of the molecule is CN1CCN(c2ccc(NC(=O)C[C@H]3C[C@H]4CC[C@H]3C4)cc2)CC1. The summed E-state index contributed by atoms with van der Waals surface area (Å²) in [5.74, 6) is 2.56. The summed E-state index contributed by atoms with van der Waals surface area (Å²) in [6.07, 6.45) is 6.11. The smallest absolute Gasteiger partial charge is 0.224 e. The van der Waals surface area contributed by atoms with E-state index in [9.17, 15) is 4.79 Å². The van der Waals surface area contributed by atoms with Gasteiger partial charge in [-0.2, -0.15) is 0 Å². The predicted octanol–water partition coefficient (Wildman–Crippen LogP) is 3.20. The number of benzene rings is 1. The molecule has 4 nitrogen and oxygen atoms in total. The standard InChI is InChI=1S/C20H29N3O/c1-22-8-10-23(11-9-22)19-6-4-18(5-7-19)21-20(24)14-17-13-15-2-3-16(17)12-15/h4-7,15-17H,2-3,8-14H2,1H3,(H,21,24)/t15-,16-,17+/m0/s1. The Morgan fingerprint density at radius 1 is 1.08 bits per heavy atom. The van der Waals surface area contributed by atoms with E-state index in [2.05, 4.69) is 34.3 Å². The van der Waals surface area contributed by atoms with Gasteiger partial charge in [0, 0.05) is 44.0 Å². The number of hydrogen-bond donors (Lipinski definition) is 1. The zero-order chi connectivity index (χ0) is 16.5. The number of hydrogen-bond acceptors (Lipinski definition) is 3. The monoisotopic (exact) mass is 327 g/mol. The molecule has 0 spiro atoms. The molecule has 1 aromatic rings. The first kappa shape index (κ1) is 15.9. The van der Waals surface area contributed by atoms with Crippen molar-refractivity contribution in [1.82, 2.24) is 4.90 Å². The van der Waals surface area contributed by atoms with Gasteiger partial charge in [0.25, 0.3) is 0 Å². The average molecular weight is 327 g/mol. The Morgan fingerprint density at radius 3 is 2.46 bits per heavy atom. The highest BCUT2D eigenvalue weighted by Gasteiger charge is 2.40. The molecule has 130 valence electrons. The first-order chi connectivity index (χ1) is 11.7. The van der Waals surface area contributed by atoms with Crippen molar-refractivity contribution in [3.63, 3.8) is 0 Å². The topological polar surface area (TPSA) is 35.6 Å². The Morgan fingerprint density at radius 2 is 1.83 bits per heavy atom. The van der Waals surface area contributed by atoms with Crippen LogP contribution in [0, 0.1) is 17.8 Å². The van der Waals surface area contributed by atoms with Crippen LogP contribution in [0.2, 0.25) is 0 Å². The number of carbonyl (C=O) groups excluding carboxylic acids is 1. The molecule has 1 aromatic carbocycles. The van der Waals surface area contributed by atoms with Gasteiger partial charge in [0.15, 0.2) is 0 Å². The summed E-state index contributed by atoms with van der Waals surface area (Å²) < 4.78 is 0. The second-order valence-corrected chi connectivity index (χ2v) is 8.02. The largest absolute Gasteiger partial charge is 0.369 e. The van der Waals surface area contributed by atoms with Crippen LogP contribution < -0.4 is 10.2 Å². The summed E-state index contributed by atoms with van der Waals surface area (Å²) >= 11 is 0. The average Bonchev–Trinajstić information content (AvgIpc) is 3.19. The number of nitrogens with one attached hydrogen (secondary N) is 1. The maximum Gasteiger partial charge on any atom is 0.224 e. The molecular weight excluding hydrogens is 298 g/mol. The zero-order valence-corrected chi connectivity index (χ0v) is 14.7. The van der Waals surface area contributed by atoms with E-state index in [0.29, 0.717) is 12.3 Å². The van der Waals surface area contributed by atoms with Gasteiger partial charge in [0.1, 0.15) is 0 Å². The summed E-state index contributed by atoms with van der Waals surface area (Å²) in [4.78, 5) is 17.1. The van der Waals surface area contributed by atoms with E-state index in [1.54, 1.807) is 0 Å². The maximum absolute atomic E-state index is 12.3. The van der Waals surface area contributed by atoms with Crippen molar-refractivity contribution in [2.45, 2.75) is 32.1 Å². The van der Waals surface area contributed by atoms with Gasteiger partial charge in [-0.1, -0.05) is 6.42 Å². The molecule has 0 aromatic heterocycles. The van der Waals surface area contributed by atoms with Crippen molar-refractivity contribution in [1.29, 1.82) is 0 Å². The van der Waals surface area contributed by atoms with Crippen LogP contribution in [0.15, 0.2) is 24.3 Å². The lowest BCUT2D eigenvalue weighted by atomic mass is 9.86. The van der Waals surface area contributed by atoms with E-state index >= 15 is 0 Å². The number of fused-ring (bicyclic) bond motifs is 2. The van der Waals surface area contributed by atoms with E-state index in [4.69, 9.17) is 0 Å². The number of anilines is 2. The summed E-state index contributed by atoms with van der Waals surface area (Å²) in [7, 11) is 2.17. The fourth-order valence-electron chi connectivity index (χ4n) is 4.90. The number of piperazine rings is 1. The quantitative estimate of drug-likeness (QED) is 0.922. The summed E-state index contributed by atoms with van der Waals surface area (Å²) in [5.41, 5.74) is 2.19. The predicted molar refractivity (Wildman–Crippen MR) is 98.3 cm³/mol. The fourth-order valence-corrected chi connectivity index (χ4v) is 4.90. The number of amides is 1. The van der Waals surface area contributed by atoms with Crippen LogP contribution in [0.5, 0.6) is 0 Å². The molecule has 4 rings (SSSR count). The highest BCUT2D eigenvalue weighted by Crippen LogP contribution is 2.49. The van der Waals surface area contributed by atoms with Gasteiger partial charge in [-0.15, -0.1) is 0 Å². The molecule has 2 saturated carbocycles. The van der Waals surface area contributed by atoms with Crippen LogP contribution in [-0.2, 0) is 4.79 Å². The van der Waals surface area contributed by atoms with Crippen molar-refractivity contribution in [3.05, 3.63) is 24.3 Å². The van der Waals surface area contributed by atoms with E-state index in [1.807, 2.05) is 12.1 Å². The minimum atomic E-state index is 0.194. The van der Waals surface area contributed by atoms with Crippen molar-refractivity contribution < 1.29 is 4.79 Å². The molecule has 1 saturated heterocycles. The Hall–Kier alpha value is -1.55. The van der Waals surface area contributed by atoms with Crippen LogP contribution in [0.4, 0.5) is 11.4 Å². The molecule has 3 atom stereocenters. The van der Waals surface area contributed by atoms with Crippen molar-refractivity contribution >= 4 is 17.3 Å². The van der Waals surface area contributed by atoms with E-state index in [-0.39, 0.29) is 5.91 Å². The first-order valence-electron chi connectivity index (χ1n) is 9.51. The summed E-state index contributed by atoms with van der Waals surface area (Å²) in [5, 5.41) is 3.10. The Kier molecular flexibility index (Phi) is 4.49. The van der Waals surface area contributed by atoms with Gasteiger partial charge >= 0.3 is 0 Å². The van der Waals surface area contributed by atoms with Gasteiger partial charge in [-0.3, -0.25) is 4.79 Å². The second kappa shape index (κ2) is 6.75. The van der Waals surface area contributed by atoms with Crippen molar-refractivity contribution in [3.8, 4) is 0 Å². The molecule has 0 radical (unpaired) electrons. The van der Waals surface area contributed by atoms with Gasteiger partial charge in [-0.05, 0) is 68.3 Å². The highest BCUT2D eigenvalue weighted by molar-refractivity contribution is 5.91. The number of likely N-dealkylation sites (N-methyl/N-ethyl adjacent to an activating group) is 1. The lowest BCUT2D eigenvalue weighted by molar-refractivity contribution is -0.117. The summed E-state index contributed by atoms with van der Waals surface area (Å²) in [6, 6.07) is 8.37. The van der Waals surface area contributed by atoms with E-state index in [0.717, 1.165) is 43.7 Å². The van der Waals surface area contributed by atoms with Crippen LogP contribution in [0.1, 0.15) is 32.1 Å². The Bertz CT molecular complexity index is 577. The van der Waals surface area contributed by atoms with Crippen LogP contribution in [0.3, 0.4) is 0 Å². The molecule has 1 N–H and O–H groups in total. The zero-order valence-electron chi connectivity index (χ0n) is 14.7. The van der Waals surface area contributed by atoms with Gasteiger partial charge in [-0.25, -0.2) is 0 Å². The molecular formula is C20H29N3O. The molecule has 24 heavy (non-hydrogen) atoms. The summed E-state index contributed by atoms with van der Waals surface area (Å²) in [6.45, 7) is 4.38. The molecule has 1 aliphatic heterocycles. The maximum atomic E-state index is 12.3. The Balaban J connectivity index is 1.29. The van der Waals surface area contributed by atoms with E-state index in [1.165, 1.54) is 31.4 Å². The number of carbonyl (C=O) groups is 1. The second-order valence-electron chi connectivity index (χ2n) is 8.02. The molecule has 3 fully saturated rings. The van der Waals surface area contributed by atoms with E-state index < -0.39 is 0 Å². The minimum absolute atomic E-state index is 0.194. The Labute approximate surface area is 145 Å². The molecule has 1 heterocycles. The number of nitrogens with zero attached hydrogens (tertiary/aromatic N) is 2. The molecule has 0 unspecified atom stereocenters. The lowest BCUT2D eigenvalue weighted by Crippen LogP contribution is -2.44. The highest BCUT2D eigenvalue weighted by atomic mass is 16.1.